The number of carbonyl (C=O) groups excluding carboxylic acids is 8. The molecule has 23 nitrogen and oxygen atoms in total. The number of nitrogens with two attached hydrogens (primary N) is 1. The molecule has 26 heteroatoms. The van der Waals surface area contributed by atoms with E-state index < -0.39 is 108 Å². The SMILES string of the molecule is C=C/C(=C\C=C(/C)NC(=O)[C@H](CCCNC(N)=O)NC(=O)[C@@H](NC(=O)CCCCCNC(=C)CBr)C(C)C)C(=O)N(C)CC(=O)O[C@H]1CC(=O)N(C)c2cc(cc(OC)c2Cl)C/C(C)=C/C=C/[C@@H](OC)[C@@]2(O)C[C@H](OC(=O)N2)[C@@H](Cl)[C@@H]2O[C@@]12C. The summed E-state index contributed by atoms with van der Waals surface area (Å²) in [6.45, 7) is 16.3. The van der Waals surface area contributed by atoms with Gasteiger partial charge in [0.05, 0.1) is 24.6 Å². The number of allylic oxidation sites excluding steroid dienone is 7. The molecule has 464 valence electrons. The largest absolute Gasteiger partial charge is 0.495 e. The van der Waals surface area contributed by atoms with Crippen molar-refractivity contribution in [3.8, 4) is 5.75 Å². The van der Waals surface area contributed by atoms with E-state index in [0.717, 1.165) is 34.6 Å². The Morgan fingerprint density at radius 3 is 2.40 bits per heavy atom. The molecular formula is C58H82BrCl2N9O14. The zero-order chi connectivity index (χ0) is 62.6. The van der Waals surface area contributed by atoms with Gasteiger partial charge in [0.15, 0.2) is 5.72 Å². The molecule has 2 saturated heterocycles. The van der Waals surface area contributed by atoms with Crippen molar-refractivity contribution in [2.24, 2.45) is 11.7 Å². The van der Waals surface area contributed by atoms with Crippen LogP contribution < -0.4 is 47.3 Å². The molecule has 0 aromatic heterocycles. The predicted octanol–water partition coefficient (Wildman–Crippen LogP) is 5.36. The van der Waals surface area contributed by atoms with Gasteiger partial charge in [-0.1, -0.05) is 90.8 Å². The van der Waals surface area contributed by atoms with Gasteiger partial charge in [-0.25, -0.2) is 9.59 Å². The smallest absolute Gasteiger partial charge is 0.409 e. The molecule has 4 rings (SSSR count). The molecule has 8 amide bonds. The van der Waals surface area contributed by atoms with Gasteiger partial charge >= 0.3 is 18.1 Å². The number of aliphatic hydroxyl groups is 1. The number of nitrogens with zero attached hydrogens (tertiary/aromatic N) is 2. The average Bonchev–Trinajstić information content (AvgIpc) is 2.15. The molecule has 0 radical (unpaired) electrons. The van der Waals surface area contributed by atoms with Crippen molar-refractivity contribution in [3.63, 3.8) is 0 Å². The lowest BCUT2D eigenvalue weighted by Gasteiger charge is -2.41. The highest BCUT2D eigenvalue weighted by Crippen LogP contribution is 2.48. The number of primary amides is 1. The molecule has 9 N–H and O–H groups in total. The Kier molecular flexibility index (Phi) is 27.3. The molecule has 3 aliphatic rings. The standard InChI is InChI=1S/C58H82BrCl2N9O14/c1-12-38(23-22-35(5)65-52(74)39(19-17-25-64-55(62)77)66-53(75)50(33(2)3)67-45(71)21-14-13-15-24-63-36(6)31-59)54(76)69(8)32-47(73)83-44-29-46(72)70(9)40-27-37(28-41(80-10)48(40)60)26-34(4)18-16-20-43(81-11)58(79)30-42(82-56(78)68-58)49(61)51-57(44,7)84-51/h12,16,18,20,22-23,27-28,33,39,42-44,49-51,63,79H,1,6,13-15,17,19,21,24-26,29-32H2,2-5,7-11H3,(H,65,74)(H,66,75)(H,67,71)(H,68,78)(H3,62,64,77)/b20-16+,34-18+,35-22+,38-23+/t39-,42-,43+,44-,49+,50-,51-,57-,58-/m0/s1. The Bertz CT molecular complexity index is 2720. The van der Waals surface area contributed by atoms with Gasteiger partial charge in [0.25, 0.3) is 5.91 Å². The van der Waals surface area contributed by atoms with E-state index in [1.807, 2.05) is 6.92 Å². The molecule has 0 unspecified atom stereocenters. The van der Waals surface area contributed by atoms with Gasteiger partial charge in [-0.3, -0.25) is 34.1 Å². The minimum Gasteiger partial charge on any atom is -0.495 e. The summed E-state index contributed by atoms with van der Waals surface area (Å²) in [4.78, 5) is 110. The highest BCUT2D eigenvalue weighted by molar-refractivity contribution is 9.09. The van der Waals surface area contributed by atoms with Crippen molar-refractivity contribution in [1.82, 2.24) is 36.8 Å². The lowest BCUT2D eigenvalue weighted by Crippen LogP contribution is -2.64. The molecule has 1 aromatic rings. The Hall–Kier alpha value is -6.44. The summed E-state index contributed by atoms with van der Waals surface area (Å²) < 4.78 is 29.0. The Balaban J connectivity index is 1.53. The van der Waals surface area contributed by atoms with Crippen LogP contribution in [0, 0.1) is 5.92 Å². The number of likely N-dealkylation sites (N-methyl/N-ethyl adjacent to an activating group) is 1. The Labute approximate surface area is 510 Å². The van der Waals surface area contributed by atoms with E-state index in [1.54, 1.807) is 58.1 Å². The lowest BCUT2D eigenvalue weighted by atomic mass is 9.89. The molecule has 0 spiro atoms. The van der Waals surface area contributed by atoms with Crippen LogP contribution in [0.4, 0.5) is 15.3 Å². The van der Waals surface area contributed by atoms with Crippen molar-refractivity contribution in [2.45, 2.75) is 146 Å². The molecule has 84 heavy (non-hydrogen) atoms. The second-order valence-corrected chi connectivity index (χ2v) is 22.9. The number of fused-ring (bicyclic) bond motifs is 5. The predicted molar refractivity (Wildman–Crippen MR) is 322 cm³/mol. The van der Waals surface area contributed by atoms with Gasteiger partial charge in [-0.2, -0.15) is 0 Å². The van der Waals surface area contributed by atoms with E-state index >= 15 is 0 Å². The molecule has 4 bridgehead atoms. The number of benzene rings is 1. The summed E-state index contributed by atoms with van der Waals surface area (Å²) in [6, 6.07) is 0.594. The van der Waals surface area contributed by atoms with Crippen LogP contribution in [0.3, 0.4) is 0 Å². The number of carbonyl (C=O) groups is 8. The maximum Gasteiger partial charge on any atom is 0.409 e. The summed E-state index contributed by atoms with van der Waals surface area (Å²) in [5, 5.41) is 27.8. The monoisotopic (exact) mass is 1280 g/mol. The zero-order valence-electron chi connectivity index (χ0n) is 49.2. The maximum absolute atomic E-state index is 14.4. The van der Waals surface area contributed by atoms with Gasteiger partial charge < -0.3 is 70.9 Å². The number of alkyl carbamates (subject to hydrolysis) is 1. The number of rotatable bonds is 26. The fraction of sp³-hybridized carbons (Fsp3) is 0.552. The molecule has 1 aromatic carbocycles. The third kappa shape index (κ3) is 20.4. The summed E-state index contributed by atoms with van der Waals surface area (Å²) >= 11 is 17.2. The second-order valence-electron chi connectivity index (χ2n) is 21.4. The number of hydrogen-bond donors (Lipinski definition) is 8. The van der Waals surface area contributed by atoms with Gasteiger partial charge in [0.1, 0.15) is 59.4 Å². The van der Waals surface area contributed by atoms with E-state index in [-0.39, 0.29) is 60.3 Å². The summed E-state index contributed by atoms with van der Waals surface area (Å²) in [7, 11) is 5.64. The second kappa shape index (κ2) is 32.7. The fourth-order valence-corrected chi connectivity index (χ4v) is 10.4. The lowest BCUT2D eigenvalue weighted by molar-refractivity contribution is -0.156. The van der Waals surface area contributed by atoms with Gasteiger partial charge in [-0.15, -0.1) is 11.6 Å². The molecule has 0 saturated carbocycles. The number of alkyl halides is 2. The van der Waals surface area contributed by atoms with E-state index in [2.05, 4.69) is 61.0 Å². The topological polar surface area (TPSA) is 311 Å². The first-order chi connectivity index (χ1) is 39.6. The van der Waals surface area contributed by atoms with Crippen molar-refractivity contribution in [3.05, 3.63) is 94.9 Å². The fourth-order valence-electron chi connectivity index (χ4n) is 9.42. The molecule has 0 aliphatic carbocycles. The molecule has 2 fully saturated rings. The van der Waals surface area contributed by atoms with Crippen LogP contribution in [0.25, 0.3) is 0 Å². The number of nitrogens with one attached hydrogen (secondary N) is 6. The Morgan fingerprint density at radius 1 is 1.06 bits per heavy atom. The molecule has 9 atom stereocenters. The van der Waals surface area contributed by atoms with E-state index in [4.69, 9.17) is 52.6 Å². The molecule has 3 heterocycles. The first-order valence-corrected chi connectivity index (χ1v) is 29.4. The van der Waals surface area contributed by atoms with E-state index in [9.17, 15) is 43.5 Å². The van der Waals surface area contributed by atoms with Crippen molar-refractivity contribution < 1.29 is 67.1 Å². The normalized spacial score (nSPS) is 24.5. The number of methoxy groups -OCH3 is 2. The number of epoxide rings is 1. The van der Waals surface area contributed by atoms with Gasteiger partial charge in [0, 0.05) is 69.4 Å². The number of anilines is 1. The maximum atomic E-state index is 14.4. The van der Waals surface area contributed by atoms with Crippen molar-refractivity contribution in [1.29, 1.82) is 0 Å². The minimum absolute atomic E-state index is 0.0110. The van der Waals surface area contributed by atoms with Gasteiger partial charge in [-0.05, 0) is 88.6 Å². The van der Waals surface area contributed by atoms with Gasteiger partial charge in [0.2, 0.25) is 23.6 Å². The van der Waals surface area contributed by atoms with E-state index in [0.29, 0.717) is 36.2 Å². The van der Waals surface area contributed by atoms with Crippen LogP contribution in [-0.2, 0) is 54.1 Å². The van der Waals surface area contributed by atoms with Crippen LogP contribution in [-0.4, -0.2) is 164 Å². The number of esters is 1. The van der Waals surface area contributed by atoms with Crippen LogP contribution in [0.1, 0.15) is 91.5 Å². The number of unbranched alkanes of at least 4 members (excludes halogenated alkanes) is 2. The highest BCUT2D eigenvalue weighted by atomic mass is 79.9. The number of urea groups is 1. The van der Waals surface area contributed by atoms with Crippen LogP contribution >= 0.6 is 39.1 Å². The third-order valence-electron chi connectivity index (χ3n) is 14.3. The summed E-state index contributed by atoms with van der Waals surface area (Å²) in [6.07, 6.45) is 5.79. The van der Waals surface area contributed by atoms with E-state index in [1.165, 1.54) is 51.4 Å². The number of hydrogen-bond acceptors (Lipinski definition) is 15. The number of halogens is 3. The van der Waals surface area contributed by atoms with Crippen LogP contribution in [0.2, 0.25) is 5.02 Å². The Morgan fingerprint density at radius 2 is 1.76 bits per heavy atom. The van der Waals surface area contributed by atoms with Crippen LogP contribution in [0.15, 0.2) is 84.3 Å². The summed E-state index contributed by atoms with van der Waals surface area (Å²) in [5.41, 5.74) is 4.72. The quantitative estimate of drug-likeness (QED) is 0.0145. The minimum atomic E-state index is -1.99. The number of ether oxygens (including phenoxy) is 5. The van der Waals surface area contributed by atoms with Crippen molar-refractivity contribution >= 4 is 92.4 Å². The summed E-state index contributed by atoms with van der Waals surface area (Å²) in [5.74, 6) is -3.81. The molecular weight excluding hydrogens is 1200 g/mol. The first-order valence-electron chi connectivity index (χ1n) is 27.5. The average molecular weight is 1280 g/mol. The molecule has 3 aliphatic heterocycles. The third-order valence-corrected chi connectivity index (χ3v) is 15.9. The first kappa shape index (κ1) is 70.0. The number of amides is 8. The van der Waals surface area contributed by atoms with Crippen molar-refractivity contribution in [2.75, 3.05) is 58.2 Å². The zero-order valence-corrected chi connectivity index (χ0v) is 52.3. The van der Waals surface area contributed by atoms with Crippen LogP contribution in [0.5, 0.6) is 5.75 Å². The highest BCUT2D eigenvalue weighted by Gasteiger charge is 2.65.